The average Bonchev–Trinajstić information content (AvgIpc) is 2.59. The number of nitrogens with zero attached hydrogens (tertiary/aromatic N) is 1. The molecule has 0 aliphatic rings. The Morgan fingerprint density at radius 1 is 1.17 bits per heavy atom. The quantitative estimate of drug-likeness (QED) is 0.643. The van der Waals surface area contributed by atoms with Crippen molar-refractivity contribution in [3.63, 3.8) is 0 Å². The van der Waals surface area contributed by atoms with Crippen LogP contribution in [0.4, 0.5) is 10.1 Å². The molecule has 2 aromatic carbocycles. The summed E-state index contributed by atoms with van der Waals surface area (Å²) < 4.78 is 17.7. The number of hydrogen-bond acceptors (Lipinski definition) is 5. The van der Waals surface area contributed by atoms with Crippen LogP contribution in [-0.2, 0) is 9.53 Å². The summed E-state index contributed by atoms with van der Waals surface area (Å²) in [5, 5.41) is 11.3. The van der Waals surface area contributed by atoms with E-state index in [2.05, 4.69) is 5.32 Å². The highest BCUT2D eigenvalue weighted by molar-refractivity contribution is 7.99. The monoisotopic (exact) mass is 344 g/mol. The molecule has 1 N–H and O–H groups in total. The number of carbonyl (C=O) groups excluding carboxylic acids is 2. The van der Waals surface area contributed by atoms with Crippen LogP contribution in [0.3, 0.4) is 0 Å². The zero-order valence-corrected chi connectivity index (χ0v) is 13.3. The third kappa shape index (κ3) is 5.11. The molecule has 0 aliphatic carbocycles. The SMILES string of the molecule is N#CCSc1ccccc1NC(=O)COC(=O)c1ccc(F)cc1. The van der Waals surface area contributed by atoms with Crippen molar-refractivity contribution in [3.05, 3.63) is 59.9 Å². The minimum Gasteiger partial charge on any atom is -0.452 e. The van der Waals surface area contributed by atoms with E-state index < -0.39 is 24.3 Å². The molecule has 7 heteroatoms. The Bertz CT molecular complexity index is 772. The number of ether oxygens (including phenoxy) is 1. The number of anilines is 1. The van der Waals surface area contributed by atoms with Crippen molar-refractivity contribution in [2.24, 2.45) is 0 Å². The highest BCUT2D eigenvalue weighted by atomic mass is 32.2. The van der Waals surface area contributed by atoms with E-state index in [1.165, 1.54) is 23.9 Å². The summed E-state index contributed by atoms with van der Waals surface area (Å²) in [7, 11) is 0. The summed E-state index contributed by atoms with van der Waals surface area (Å²) in [5.41, 5.74) is 0.703. The number of esters is 1. The van der Waals surface area contributed by atoms with Gasteiger partial charge >= 0.3 is 5.97 Å². The second kappa shape index (κ2) is 8.70. The number of rotatable bonds is 6. The molecule has 0 fully saturated rings. The molecule has 0 unspecified atom stereocenters. The molecule has 0 aromatic heterocycles. The summed E-state index contributed by atoms with van der Waals surface area (Å²) >= 11 is 1.29. The number of nitriles is 1. The minimum absolute atomic E-state index is 0.161. The van der Waals surface area contributed by atoms with Crippen LogP contribution in [0.2, 0.25) is 0 Å². The second-order valence-corrected chi connectivity index (χ2v) is 5.59. The molecule has 24 heavy (non-hydrogen) atoms. The molecule has 5 nitrogen and oxygen atoms in total. The molecule has 122 valence electrons. The van der Waals surface area contributed by atoms with Crippen LogP contribution in [0.1, 0.15) is 10.4 Å². The first kappa shape index (κ1) is 17.5. The van der Waals surface area contributed by atoms with E-state index in [4.69, 9.17) is 10.00 Å². The molecule has 0 aliphatic heterocycles. The van der Waals surface area contributed by atoms with E-state index in [-0.39, 0.29) is 11.3 Å². The summed E-state index contributed by atoms with van der Waals surface area (Å²) in [6, 6.07) is 13.9. The van der Waals surface area contributed by atoms with Crippen LogP contribution in [0.25, 0.3) is 0 Å². The van der Waals surface area contributed by atoms with Gasteiger partial charge in [0.15, 0.2) is 6.61 Å². The first-order valence-electron chi connectivity index (χ1n) is 6.91. The van der Waals surface area contributed by atoms with E-state index in [1.807, 2.05) is 6.07 Å². The molecule has 0 saturated heterocycles. The normalized spacial score (nSPS) is 9.83. The fourth-order valence-corrected chi connectivity index (χ4v) is 2.46. The number of nitrogens with one attached hydrogen (secondary N) is 1. The third-order valence-corrected chi connectivity index (χ3v) is 3.81. The summed E-state index contributed by atoms with van der Waals surface area (Å²) in [6.07, 6.45) is 0. The maximum absolute atomic E-state index is 12.8. The smallest absolute Gasteiger partial charge is 0.338 e. The standard InChI is InChI=1S/C17H13FN2O3S/c18-13-7-5-12(6-8-13)17(22)23-11-16(21)20-14-3-1-2-4-15(14)24-10-9-19/h1-8H,10-11H2,(H,20,21). The second-order valence-electron chi connectivity index (χ2n) is 4.57. The number of amides is 1. The first-order chi connectivity index (χ1) is 11.6. The zero-order chi connectivity index (χ0) is 17.4. The Kier molecular flexibility index (Phi) is 6.34. The van der Waals surface area contributed by atoms with E-state index in [9.17, 15) is 14.0 Å². The fourth-order valence-electron chi connectivity index (χ4n) is 1.79. The lowest BCUT2D eigenvalue weighted by Gasteiger charge is -2.10. The van der Waals surface area contributed by atoms with Crippen LogP contribution >= 0.6 is 11.8 Å². The molecule has 2 rings (SSSR count). The van der Waals surface area contributed by atoms with Crippen molar-refractivity contribution < 1.29 is 18.7 Å². The molecule has 2 aromatic rings. The molecule has 0 atom stereocenters. The molecule has 0 saturated carbocycles. The van der Waals surface area contributed by atoms with Crippen molar-refractivity contribution in [3.8, 4) is 6.07 Å². The number of benzene rings is 2. The Hall–Kier alpha value is -2.85. The summed E-state index contributed by atoms with van der Waals surface area (Å²) in [5.74, 6) is -1.42. The highest BCUT2D eigenvalue weighted by Crippen LogP contribution is 2.26. The van der Waals surface area contributed by atoms with Gasteiger partial charge in [-0.25, -0.2) is 9.18 Å². The minimum atomic E-state index is -0.711. The number of hydrogen-bond donors (Lipinski definition) is 1. The van der Waals surface area contributed by atoms with Gasteiger partial charge in [-0.15, -0.1) is 11.8 Å². The Balaban J connectivity index is 1.91. The van der Waals surface area contributed by atoms with Crippen molar-refractivity contribution in [1.82, 2.24) is 0 Å². The lowest BCUT2D eigenvalue weighted by molar-refractivity contribution is -0.119. The van der Waals surface area contributed by atoms with Gasteiger partial charge in [0.25, 0.3) is 5.91 Å². The molecular formula is C17H13FN2O3S. The third-order valence-electron chi connectivity index (χ3n) is 2.87. The molecule has 0 bridgehead atoms. The van der Waals surface area contributed by atoms with E-state index in [0.29, 0.717) is 5.69 Å². The Morgan fingerprint density at radius 3 is 2.58 bits per heavy atom. The van der Waals surface area contributed by atoms with Gasteiger partial charge in [-0.05, 0) is 36.4 Å². The molecule has 0 radical (unpaired) electrons. The number of halogens is 1. The maximum atomic E-state index is 12.8. The first-order valence-corrected chi connectivity index (χ1v) is 7.90. The number of carbonyl (C=O) groups is 2. The molecular weight excluding hydrogens is 331 g/mol. The van der Waals surface area contributed by atoms with Crippen molar-refractivity contribution >= 4 is 29.3 Å². The fraction of sp³-hybridized carbons (Fsp3) is 0.118. The topological polar surface area (TPSA) is 79.2 Å². The number of para-hydroxylation sites is 1. The van der Waals surface area contributed by atoms with E-state index in [1.54, 1.807) is 24.3 Å². The average molecular weight is 344 g/mol. The summed E-state index contributed by atoms with van der Waals surface area (Å²) in [6.45, 7) is -0.465. The predicted molar refractivity (Wildman–Crippen MR) is 88.1 cm³/mol. The van der Waals surface area contributed by atoms with Crippen LogP contribution in [0, 0.1) is 17.1 Å². The lowest BCUT2D eigenvalue weighted by Crippen LogP contribution is -2.21. The largest absolute Gasteiger partial charge is 0.452 e. The Morgan fingerprint density at radius 2 is 1.88 bits per heavy atom. The zero-order valence-electron chi connectivity index (χ0n) is 12.5. The van der Waals surface area contributed by atoms with Gasteiger partial charge in [-0.3, -0.25) is 4.79 Å². The van der Waals surface area contributed by atoms with Gasteiger partial charge in [0, 0.05) is 4.90 Å². The molecule has 1 amide bonds. The van der Waals surface area contributed by atoms with Gasteiger partial charge in [0.2, 0.25) is 0 Å². The van der Waals surface area contributed by atoms with Crippen molar-refractivity contribution in [2.45, 2.75) is 4.90 Å². The van der Waals surface area contributed by atoms with Crippen LogP contribution < -0.4 is 5.32 Å². The van der Waals surface area contributed by atoms with Crippen molar-refractivity contribution in [2.75, 3.05) is 17.7 Å². The van der Waals surface area contributed by atoms with Crippen molar-refractivity contribution in [1.29, 1.82) is 5.26 Å². The lowest BCUT2D eigenvalue weighted by atomic mass is 10.2. The van der Waals surface area contributed by atoms with Gasteiger partial charge in [0.1, 0.15) is 5.82 Å². The van der Waals surface area contributed by atoms with E-state index >= 15 is 0 Å². The Labute approximate surface area is 142 Å². The van der Waals surface area contributed by atoms with Gasteiger partial charge < -0.3 is 10.1 Å². The van der Waals surface area contributed by atoms with Gasteiger partial charge in [-0.2, -0.15) is 5.26 Å². The van der Waals surface area contributed by atoms with Gasteiger partial charge in [0.05, 0.1) is 23.1 Å². The van der Waals surface area contributed by atoms with Crippen LogP contribution in [0.5, 0.6) is 0 Å². The highest BCUT2D eigenvalue weighted by Gasteiger charge is 2.12. The van der Waals surface area contributed by atoms with Gasteiger partial charge in [-0.1, -0.05) is 12.1 Å². The van der Waals surface area contributed by atoms with Crippen LogP contribution in [0.15, 0.2) is 53.4 Å². The van der Waals surface area contributed by atoms with Crippen LogP contribution in [-0.4, -0.2) is 24.2 Å². The summed E-state index contributed by atoms with van der Waals surface area (Å²) in [4.78, 5) is 24.4. The van der Waals surface area contributed by atoms with E-state index in [0.717, 1.165) is 17.0 Å². The predicted octanol–water partition coefficient (Wildman–Crippen LogP) is 3.24. The molecule has 0 heterocycles. The maximum Gasteiger partial charge on any atom is 0.338 e. The number of thioether (sulfide) groups is 1. The molecule has 0 spiro atoms.